The lowest BCUT2D eigenvalue weighted by molar-refractivity contribution is 0.913. The molecule has 1 aliphatic carbocycles. The molecule has 1 aromatic carbocycles. The van der Waals surface area contributed by atoms with Crippen LogP contribution in [0.25, 0.3) is 0 Å². The summed E-state index contributed by atoms with van der Waals surface area (Å²) in [6, 6.07) is 8.39. The first kappa shape index (κ1) is 8.31. The number of rotatable bonds is 1. The summed E-state index contributed by atoms with van der Waals surface area (Å²) in [4.78, 5) is 0. The van der Waals surface area contributed by atoms with E-state index in [0.717, 1.165) is 23.0 Å². The number of hydrogen-bond donors (Lipinski definition) is 0. The zero-order chi connectivity index (χ0) is 9.42. The summed E-state index contributed by atoms with van der Waals surface area (Å²) in [6.45, 7) is 4.29. The van der Waals surface area contributed by atoms with Gasteiger partial charge in [-0.2, -0.15) is 5.26 Å². The third kappa shape index (κ3) is 1.45. The minimum atomic E-state index is 0.756. The Kier molecular flexibility index (Phi) is 1.84. The van der Waals surface area contributed by atoms with Crippen LogP contribution in [0, 0.1) is 24.2 Å². The van der Waals surface area contributed by atoms with E-state index >= 15 is 0 Å². The van der Waals surface area contributed by atoms with Crippen LogP contribution in [0.2, 0.25) is 0 Å². The summed E-state index contributed by atoms with van der Waals surface area (Å²) < 4.78 is 0. The van der Waals surface area contributed by atoms with E-state index in [9.17, 15) is 0 Å². The molecule has 2 rings (SSSR count). The molecule has 66 valence electrons. The van der Waals surface area contributed by atoms with Gasteiger partial charge >= 0.3 is 0 Å². The van der Waals surface area contributed by atoms with E-state index in [1.807, 2.05) is 13.0 Å². The largest absolute Gasteiger partial charge is 0.192 e. The number of nitrogens with zero attached hydrogens (tertiary/aromatic N) is 1. The Hall–Kier alpha value is -1.29. The fraction of sp³-hybridized carbons (Fsp3) is 0.417. The van der Waals surface area contributed by atoms with Crippen LogP contribution >= 0.6 is 0 Å². The first-order valence-electron chi connectivity index (χ1n) is 4.73. The van der Waals surface area contributed by atoms with Crippen molar-refractivity contribution >= 4 is 0 Å². The zero-order valence-electron chi connectivity index (χ0n) is 8.04. The predicted octanol–water partition coefficient (Wildman–Crippen LogP) is 2.99. The van der Waals surface area contributed by atoms with Crippen LogP contribution in [0.1, 0.15) is 36.0 Å². The molecule has 0 unspecified atom stereocenters. The van der Waals surface area contributed by atoms with Crippen LogP contribution < -0.4 is 0 Å². The van der Waals surface area contributed by atoms with Crippen molar-refractivity contribution in [1.29, 1.82) is 5.26 Å². The monoisotopic (exact) mass is 171 g/mol. The summed E-state index contributed by atoms with van der Waals surface area (Å²) in [5.74, 6) is 1.60. The van der Waals surface area contributed by atoms with Crippen LogP contribution in [0.15, 0.2) is 18.2 Å². The molecule has 0 radical (unpaired) electrons. The van der Waals surface area contributed by atoms with Crippen molar-refractivity contribution in [3.63, 3.8) is 0 Å². The van der Waals surface area contributed by atoms with Gasteiger partial charge in [-0.3, -0.25) is 0 Å². The van der Waals surface area contributed by atoms with Crippen LogP contribution in [0.5, 0.6) is 0 Å². The van der Waals surface area contributed by atoms with Crippen molar-refractivity contribution in [3.05, 3.63) is 34.9 Å². The molecule has 0 N–H and O–H groups in total. The van der Waals surface area contributed by atoms with Crippen LogP contribution in [-0.2, 0) is 0 Å². The van der Waals surface area contributed by atoms with Crippen LogP contribution in [0.3, 0.4) is 0 Å². The van der Waals surface area contributed by atoms with Crippen molar-refractivity contribution in [1.82, 2.24) is 0 Å². The maximum atomic E-state index is 8.77. The molecule has 1 saturated carbocycles. The van der Waals surface area contributed by atoms with Crippen molar-refractivity contribution in [2.45, 2.75) is 26.2 Å². The Morgan fingerprint density at radius 3 is 2.62 bits per heavy atom. The molecule has 0 aromatic heterocycles. The Labute approximate surface area is 79.0 Å². The highest BCUT2D eigenvalue weighted by molar-refractivity contribution is 5.41. The second-order valence-electron chi connectivity index (χ2n) is 4.01. The fourth-order valence-corrected chi connectivity index (χ4v) is 1.83. The van der Waals surface area contributed by atoms with E-state index in [4.69, 9.17) is 5.26 Å². The van der Waals surface area contributed by atoms with Gasteiger partial charge in [0, 0.05) is 0 Å². The molecule has 0 aliphatic heterocycles. The molecule has 1 fully saturated rings. The molecule has 13 heavy (non-hydrogen) atoms. The Morgan fingerprint density at radius 1 is 1.46 bits per heavy atom. The van der Waals surface area contributed by atoms with E-state index in [-0.39, 0.29) is 0 Å². The highest BCUT2D eigenvalue weighted by Gasteiger charge is 2.33. The van der Waals surface area contributed by atoms with Gasteiger partial charge in [-0.15, -0.1) is 0 Å². The van der Waals surface area contributed by atoms with Gasteiger partial charge in [-0.25, -0.2) is 0 Å². The number of hydrogen-bond acceptors (Lipinski definition) is 1. The highest BCUT2D eigenvalue weighted by Crippen LogP contribution is 2.47. The van der Waals surface area contributed by atoms with Crippen molar-refractivity contribution in [3.8, 4) is 6.07 Å². The number of benzene rings is 1. The van der Waals surface area contributed by atoms with E-state index in [1.54, 1.807) is 0 Å². The summed E-state index contributed by atoms with van der Waals surface area (Å²) in [6.07, 6.45) is 1.31. The molecule has 1 aliphatic rings. The standard InChI is InChI=1S/C12H13N/c1-8-5-10(12-6-9(12)2)3-4-11(8)7-13/h3-5,9,12H,6H2,1-2H3/t9-,12-/m0/s1. The summed E-state index contributed by atoms with van der Waals surface area (Å²) in [7, 11) is 0. The van der Waals surface area contributed by atoms with E-state index in [0.29, 0.717) is 0 Å². The van der Waals surface area contributed by atoms with Gasteiger partial charge < -0.3 is 0 Å². The zero-order valence-corrected chi connectivity index (χ0v) is 8.04. The first-order chi connectivity index (χ1) is 6.22. The lowest BCUT2D eigenvalue weighted by Gasteiger charge is -2.01. The third-order valence-corrected chi connectivity index (χ3v) is 2.91. The highest BCUT2D eigenvalue weighted by atomic mass is 14.4. The van der Waals surface area contributed by atoms with Gasteiger partial charge in [0.25, 0.3) is 0 Å². The Balaban J connectivity index is 2.32. The molecule has 1 heteroatoms. The number of nitriles is 1. The third-order valence-electron chi connectivity index (χ3n) is 2.91. The maximum Gasteiger partial charge on any atom is 0.0994 e. The maximum absolute atomic E-state index is 8.77. The molecule has 0 saturated heterocycles. The van der Waals surface area contributed by atoms with Crippen molar-refractivity contribution in [2.75, 3.05) is 0 Å². The van der Waals surface area contributed by atoms with E-state index in [1.165, 1.54) is 12.0 Å². The topological polar surface area (TPSA) is 23.8 Å². The molecule has 0 bridgehead atoms. The molecule has 1 nitrogen and oxygen atoms in total. The van der Waals surface area contributed by atoms with Crippen molar-refractivity contribution < 1.29 is 0 Å². The van der Waals surface area contributed by atoms with Crippen molar-refractivity contribution in [2.24, 2.45) is 5.92 Å². The molecule has 2 atom stereocenters. The van der Waals surface area contributed by atoms with Crippen LogP contribution in [0.4, 0.5) is 0 Å². The molecule has 1 aromatic rings. The van der Waals surface area contributed by atoms with Gasteiger partial charge in [0.05, 0.1) is 11.6 Å². The van der Waals surface area contributed by atoms with Gasteiger partial charge in [0.2, 0.25) is 0 Å². The average molecular weight is 171 g/mol. The van der Waals surface area contributed by atoms with Crippen LogP contribution in [-0.4, -0.2) is 0 Å². The minimum Gasteiger partial charge on any atom is -0.192 e. The second kappa shape index (κ2) is 2.88. The molecular formula is C12H13N. The van der Waals surface area contributed by atoms with E-state index < -0.39 is 0 Å². The average Bonchev–Trinajstić information content (AvgIpc) is 2.82. The summed E-state index contributed by atoms with van der Waals surface area (Å²) >= 11 is 0. The second-order valence-corrected chi connectivity index (χ2v) is 4.01. The van der Waals surface area contributed by atoms with Gasteiger partial charge in [-0.05, 0) is 42.4 Å². The lowest BCUT2D eigenvalue weighted by atomic mass is 10.0. The SMILES string of the molecule is Cc1cc([C@H]2C[C@@H]2C)ccc1C#N. The van der Waals surface area contributed by atoms with Gasteiger partial charge in [-0.1, -0.05) is 19.1 Å². The van der Waals surface area contributed by atoms with Gasteiger partial charge in [0.1, 0.15) is 0 Å². The van der Waals surface area contributed by atoms with E-state index in [2.05, 4.69) is 25.1 Å². The quantitative estimate of drug-likeness (QED) is 0.637. The molecule has 0 spiro atoms. The summed E-state index contributed by atoms with van der Waals surface area (Å²) in [5.41, 5.74) is 3.32. The lowest BCUT2D eigenvalue weighted by Crippen LogP contribution is -1.86. The smallest absolute Gasteiger partial charge is 0.0994 e. The molecule has 0 amide bonds. The Morgan fingerprint density at radius 2 is 2.15 bits per heavy atom. The first-order valence-corrected chi connectivity index (χ1v) is 4.73. The fourth-order valence-electron chi connectivity index (χ4n) is 1.83. The molecule has 0 heterocycles. The molecular weight excluding hydrogens is 158 g/mol. The Bertz CT molecular complexity index is 373. The van der Waals surface area contributed by atoms with Gasteiger partial charge in [0.15, 0.2) is 0 Å². The normalized spacial score (nSPS) is 25.3. The predicted molar refractivity (Wildman–Crippen MR) is 52.4 cm³/mol. The minimum absolute atomic E-state index is 0.756. The number of aryl methyl sites for hydroxylation is 1. The summed E-state index contributed by atoms with van der Waals surface area (Å²) in [5, 5.41) is 8.77.